The van der Waals surface area contributed by atoms with Crippen molar-refractivity contribution in [2.24, 2.45) is 5.92 Å². The summed E-state index contributed by atoms with van der Waals surface area (Å²) in [6, 6.07) is 6.67. The molecule has 0 atom stereocenters. The van der Waals surface area contributed by atoms with Gasteiger partial charge in [-0.15, -0.1) is 0 Å². The van der Waals surface area contributed by atoms with E-state index in [0.29, 0.717) is 31.6 Å². The van der Waals surface area contributed by atoms with Gasteiger partial charge in [-0.05, 0) is 38.0 Å². The zero-order valence-electron chi connectivity index (χ0n) is 14.4. The molecule has 1 aromatic heterocycles. The molecule has 1 aliphatic heterocycles. The van der Waals surface area contributed by atoms with Crippen LogP contribution < -0.4 is 5.32 Å². The number of benzene rings is 1. The maximum absolute atomic E-state index is 12.7. The van der Waals surface area contributed by atoms with Crippen molar-refractivity contribution in [2.75, 3.05) is 18.4 Å². The van der Waals surface area contributed by atoms with Gasteiger partial charge in [-0.3, -0.25) is 9.48 Å². The maximum atomic E-state index is 12.7. The van der Waals surface area contributed by atoms with Crippen LogP contribution in [0.4, 0.5) is 5.69 Å². The molecule has 26 heavy (non-hydrogen) atoms. The van der Waals surface area contributed by atoms with E-state index >= 15 is 0 Å². The van der Waals surface area contributed by atoms with Crippen LogP contribution in [0.25, 0.3) is 0 Å². The number of halogens is 1. The van der Waals surface area contributed by atoms with E-state index in [0.717, 1.165) is 11.0 Å². The number of piperidine rings is 1. The Bertz CT molecular complexity index is 889. The van der Waals surface area contributed by atoms with Gasteiger partial charge in [0.05, 0.1) is 16.8 Å². The Morgan fingerprint density at radius 3 is 2.69 bits per heavy atom. The molecule has 0 bridgehead atoms. The molecule has 0 spiro atoms. The van der Waals surface area contributed by atoms with Crippen molar-refractivity contribution in [2.45, 2.75) is 31.2 Å². The number of amides is 1. The van der Waals surface area contributed by atoms with Crippen molar-refractivity contribution in [1.29, 1.82) is 0 Å². The summed E-state index contributed by atoms with van der Waals surface area (Å²) in [7, 11) is -3.53. The number of carbonyl (C=O) groups is 1. The molecule has 0 aliphatic carbocycles. The lowest BCUT2D eigenvalue weighted by atomic mass is 9.97. The van der Waals surface area contributed by atoms with Crippen LogP contribution in [0.2, 0.25) is 0 Å². The first-order valence-electron chi connectivity index (χ1n) is 8.49. The third-order valence-corrected chi connectivity index (χ3v) is 6.87. The summed E-state index contributed by atoms with van der Waals surface area (Å²) in [6.07, 6.45) is 4.40. The van der Waals surface area contributed by atoms with Gasteiger partial charge in [0.15, 0.2) is 0 Å². The van der Waals surface area contributed by atoms with Gasteiger partial charge >= 0.3 is 0 Å². The van der Waals surface area contributed by atoms with Crippen molar-refractivity contribution in [3.63, 3.8) is 0 Å². The Labute approximate surface area is 161 Å². The van der Waals surface area contributed by atoms with Crippen molar-refractivity contribution < 1.29 is 13.2 Å². The highest BCUT2D eigenvalue weighted by Crippen LogP contribution is 2.26. The van der Waals surface area contributed by atoms with Crippen molar-refractivity contribution in [3.05, 3.63) is 41.1 Å². The SMILES string of the molecule is CCn1cc(NC(=O)C2CCN(S(=O)(=O)c3cccc(Br)c3)CC2)cn1. The predicted molar refractivity (Wildman–Crippen MR) is 102 cm³/mol. The summed E-state index contributed by atoms with van der Waals surface area (Å²) in [6.45, 7) is 3.38. The molecule has 9 heteroatoms. The van der Waals surface area contributed by atoms with E-state index in [4.69, 9.17) is 0 Å². The first-order valence-corrected chi connectivity index (χ1v) is 10.7. The van der Waals surface area contributed by atoms with Crippen molar-refractivity contribution in [3.8, 4) is 0 Å². The van der Waals surface area contributed by atoms with Crippen LogP contribution in [-0.4, -0.2) is 41.5 Å². The lowest BCUT2D eigenvalue weighted by molar-refractivity contribution is -0.120. The topological polar surface area (TPSA) is 84.3 Å². The van der Waals surface area contributed by atoms with Gasteiger partial charge in [-0.25, -0.2) is 8.42 Å². The fourth-order valence-electron chi connectivity index (χ4n) is 2.98. The number of nitrogens with zero attached hydrogens (tertiary/aromatic N) is 3. The lowest BCUT2D eigenvalue weighted by Crippen LogP contribution is -2.41. The predicted octanol–water partition coefficient (Wildman–Crippen LogP) is 2.70. The van der Waals surface area contributed by atoms with Crippen LogP contribution in [0.15, 0.2) is 46.0 Å². The van der Waals surface area contributed by atoms with Gasteiger partial charge < -0.3 is 5.32 Å². The molecule has 7 nitrogen and oxygen atoms in total. The molecule has 140 valence electrons. The molecular weight excluding hydrogens is 420 g/mol. The quantitative estimate of drug-likeness (QED) is 0.774. The van der Waals surface area contributed by atoms with Gasteiger partial charge in [0.2, 0.25) is 15.9 Å². The Hall–Kier alpha value is -1.71. The summed E-state index contributed by atoms with van der Waals surface area (Å²) in [5, 5.41) is 6.99. The van der Waals surface area contributed by atoms with E-state index in [9.17, 15) is 13.2 Å². The molecule has 1 aromatic carbocycles. The lowest BCUT2D eigenvalue weighted by Gasteiger charge is -2.30. The highest BCUT2D eigenvalue weighted by Gasteiger charge is 2.32. The zero-order chi connectivity index (χ0) is 18.7. The van der Waals surface area contributed by atoms with Crippen LogP contribution in [0.3, 0.4) is 0 Å². The summed E-state index contributed by atoms with van der Waals surface area (Å²) >= 11 is 3.30. The van der Waals surface area contributed by atoms with Gasteiger partial charge in [-0.2, -0.15) is 9.40 Å². The number of anilines is 1. The molecule has 1 amide bonds. The number of nitrogens with one attached hydrogen (secondary N) is 1. The Morgan fingerprint density at radius 1 is 1.35 bits per heavy atom. The molecule has 0 saturated carbocycles. The largest absolute Gasteiger partial charge is 0.323 e. The molecule has 1 aliphatic rings. The zero-order valence-corrected chi connectivity index (χ0v) is 16.8. The average Bonchev–Trinajstić information content (AvgIpc) is 3.09. The summed E-state index contributed by atoms with van der Waals surface area (Å²) in [5.74, 6) is -0.283. The molecule has 2 heterocycles. The van der Waals surface area contributed by atoms with E-state index in [1.165, 1.54) is 4.31 Å². The van der Waals surface area contributed by atoms with Crippen molar-refractivity contribution in [1.82, 2.24) is 14.1 Å². The number of rotatable bonds is 5. The van der Waals surface area contributed by atoms with Gasteiger partial charge in [0, 0.05) is 36.2 Å². The molecule has 0 unspecified atom stereocenters. The number of hydrogen-bond donors (Lipinski definition) is 1. The third-order valence-electron chi connectivity index (χ3n) is 4.48. The van der Waals surface area contributed by atoms with E-state index in [1.54, 1.807) is 41.3 Å². The monoisotopic (exact) mass is 440 g/mol. The second-order valence-corrected chi connectivity index (χ2v) is 9.06. The summed E-state index contributed by atoms with van der Waals surface area (Å²) in [4.78, 5) is 12.7. The number of carbonyl (C=O) groups excluding carboxylic acids is 1. The smallest absolute Gasteiger partial charge is 0.243 e. The van der Waals surface area contributed by atoms with E-state index < -0.39 is 10.0 Å². The van der Waals surface area contributed by atoms with Crippen LogP contribution in [-0.2, 0) is 21.4 Å². The van der Waals surface area contributed by atoms with Crippen LogP contribution in [0, 0.1) is 5.92 Å². The fourth-order valence-corrected chi connectivity index (χ4v) is 5.05. The van der Waals surface area contributed by atoms with Gasteiger partial charge in [0.25, 0.3) is 0 Å². The minimum atomic E-state index is -3.53. The minimum Gasteiger partial charge on any atom is -0.323 e. The molecule has 3 rings (SSSR count). The van der Waals surface area contributed by atoms with Crippen LogP contribution >= 0.6 is 15.9 Å². The number of hydrogen-bond acceptors (Lipinski definition) is 4. The summed E-state index contributed by atoms with van der Waals surface area (Å²) < 4.78 is 29.4. The Balaban J connectivity index is 1.60. The number of aryl methyl sites for hydroxylation is 1. The number of aromatic nitrogens is 2. The van der Waals surface area contributed by atoms with Crippen LogP contribution in [0.5, 0.6) is 0 Å². The maximum Gasteiger partial charge on any atom is 0.243 e. The fraction of sp³-hybridized carbons (Fsp3) is 0.412. The molecule has 1 N–H and O–H groups in total. The Morgan fingerprint density at radius 2 is 2.08 bits per heavy atom. The van der Waals surface area contributed by atoms with Gasteiger partial charge in [0.1, 0.15) is 0 Å². The normalized spacial score (nSPS) is 16.5. The highest BCUT2D eigenvalue weighted by atomic mass is 79.9. The molecule has 1 saturated heterocycles. The van der Waals surface area contributed by atoms with E-state index in [2.05, 4.69) is 26.3 Å². The molecule has 0 radical (unpaired) electrons. The van der Waals surface area contributed by atoms with Crippen molar-refractivity contribution >= 4 is 37.5 Å². The summed E-state index contributed by atoms with van der Waals surface area (Å²) in [5.41, 5.74) is 0.668. The van der Waals surface area contributed by atoms with Crippen LogP contribution in [0.1, 0.15) is 19.8 Å². The average molecular weight is 441 g/mol. The third kappa shape index (κ3) is 4.16. The highest BCUT2D eigenvalue weighted by molar-refractivity contribution is 9.10. The standard InChI is InChI=1S/C17H21BrN4O3S/c1-2-21-12-15(11-19-21)20-17(23)13-6-8-22(9-7-13)26(24,25)16-5-3-4-14(18)10-16/h3-5,10-13H,2,6-9H2,1H3,(H,20,23). The second-order valence-electron chi connectivity index (χ2n) is 6.21. The van der Waals surface area contributed by atoms with E-state index in [1.807, 2.05) is 6.92 Å². The van der Waals surface area contributed by atoms with E-state index in [-0.39, 0.29) is 16.7 Å². The Kier molecular flexibility index (Phi) is 5.79. The second kappa shape index (κ2) is 7.89. The van der Waals surface area contributed by atoms with Gasteiger partial charge in [-0.1, -0.05) is 22.0 Å². The first-order chi connectivity index (χ1) is 12.4. The molecular formula is C17H21BrN4O3S. The molecule has 1 fully saturated rings. The minimum absolute atomic E-state index is 0.0832. The number of sulfonamides is 1. The molecule has 2 aromatic rings. The first kappa shape index (κ1) is 19.1.